The van der Waals surface area contributed by atoms with E-state index in [1.165, 1.54) is 4.68 Å². The van der Waals surface area contributed by atoms with Gasteiger partial charge in [0.05, 0.1) is 33.0 Å². The summed E-state index contributed by atoms with van der Waals surface area (Å²) >= 11 is 0. The SMILES string of the molecule is C[N+](C)(C)CC(=O)NC(CCCCNC(=O)c1cn(-c2ccccc2)nn1)C(=O)NN. The molecule has 1 heterocycles. The summed E-state index contributed by atoms with van der Waals surface area (Å²) in [5.74, 6) is 4.23. The van der Waals surface area contributed by atoms with Gasteiger partial charge < -0.3 is 15.1 Å². The summed E-state index contributed by atoms with van der Waals surface area (Å²) in [4.78, 5) is 36.3. The highest BCUT2D eigenvalue weighted by Crippen LogP contribution is 2.06. The Bertz CT molecular complexity index is 876. The second-order valence-corrected chi connectivity index (χ2v) is 8.21. The quantitative estimate of drug-likeness (QED) is 0.122. The third-order valence-electron chi connectivity index (χ3n) is 4.36. The first-order chi connectivity index (χ1) is 14.7. The average molecular weight is 432 g/mol. The van der Waals surface area contributed by atoms with E-state index in [9.17, 15) is 14.4 Å². The molecular formula is C20H31N8O3+. The fourth-order valence-corrected chi connectivity index (χ4v) is 2.88. The van der Waals surface area contributed by atoms with Crippen LogP contribution in [-0.2, 0) is 9.59 Å². The summed E-state index contributed by atoms with van der Waals surface area (Å²) in [6, 6.07) is 8.66. The predicted octanol–water partition coefficient (Wildman–Crippen LogP) is -0.652. The van der Waals surface area contributed by atoms with Crippen molar-refractivity contribution < 1.29 is 18.9 Å². The van der Waals surface area contributed by atoms with Gasteiger partial charge in [-0.2, -0.15) is 0 Å². The van der Waals surface area contributed by atoms with E-state index < -0.39 is 11.9 Å². The summed E-state index contributed by atoms with van der Waals surface area (Å²) in [5.41, 5.74) is 3.11. The van der Waals surface area contributed by atoms with E-state index in [1.54, 1.807) is 6.20 Å². The molecular weight excluding hydrogens is 400 g/mol. The molecule has 168 valence electrons. The molecule has 1 atom stereocenters. The van der Waals surface area contributed by atoms with Gasteiger partial charge in [-0.05, 0) is 31.4 Å². The Morgan fingerprint density at radius 2 is 1.84 bits per heavy atom. The number of hydrogen-bond donors (Lipinski definition) is 4. The number of hydrazine groups is 1. The zero-order valence-corrected chi connectivity index (χ0v) is 18.2. The van der Waals surface area contributed by atoms with Crippen molar-refractivity contribution >= 4 is 17.7 Å². The number of nitrogens with one attached hydrogen (secondary N) is 3. The van der Waals surface area contributed by atoms with Gasteiger partial charge in [-0.15, -0.1) is 5.10 Å². The second-order valence-electron chi connectivity index (χ2n) is 8.21. The molecule has 1 unspecified atom stereocenters. The van der Waals surface area contributed by atoms with Gasteiger partial charge >= 0.3 is 0 Å². The number of aromatic nitrogens is 3. The lowest BCUT2D eigenvalue weighted by Crippen LogP contribution is -2.52. The lowest BCUT2D eigenvalue weighted by Gasteiger charge is -2.24. The van der Waals surface area contributed by atoms with Crippen LogP contribution in [0.4, 0.5) is 0 Å². The van der Waals surface area contributed by atoms with Crippen molar-refractivity contribution in [1.82, 2.24) is 31.1 Å². The molecule has 0 saturated heterocycles. The van der Waals surface area contributed by atoms with E-state index in [4.69, 9.17) is 5.84 Å². The molecule has 0 aliphatic rings. The first kappa shape index (κ1) is 24.0. The molecule has 0 saturated carbocycles. The van der Waals surface area contributed by atoms with Crippen LogP contribution >= 0.6 is 0 Å². The Labute approximate surface area is 181 Å². The van der Waals surface area contributed by atoms with Gasteiger partial charge in [0, 0.05) is 6.54 Å². The van der Waals surface area contributed by atoms with Crippen molar-refractivity contribution in [2.45, 2.75) is 25.3 Å². The first-order valence-electron chi connectivity index (χ1n) is 10.1. The number of carbonyl (C=O) groups excluding carboxylic acids is 3. The molecule has 2 rings (SSSR count). The lowest BCUT2D eigenvalue weighted by atomic mass is 10.1. The van der Waals surface area contributed by atoms with Gasteiger partial charge in [-0.25, -0.2) is 10.5 Å². The minimum absolute atomic E-state index is 0.219. The average Bonchev–Trinajstić information content (AvgIpc) is 3.21. The third-order valence-corrected chi connectivity index (χ3v) is 4.36. The number of unbranched alkanes of at least 4 members (excludes halogenated alkanes) is 1. The maximum Gasteiger partial charge on any atom is 0.275 e. The number of likely N-dealkylation sites (N-methyl/N-ethyl adjacent to an activating group) is 1. The van der Waals surface area contributed by atoms with Crippen LogP contribution in [0.3, 0.4) is 0 Å². The van der Waals surface area contributed by atoms with E-state index in [0.717, 1.165) is 5.69 Å². The van der Waals surface area contributed by atoms with Crippen molar-refractivity contribution in [3.8, 4) is 5.69 Å². The van der Waals surface area contributed by atoms with Crippen LogP contribution in [0.25, 0.3) is 5.69 Å². The van der Waals surface area contributed by atoms with Gasteiger partial charge in [0.25, 0.3) is 17.7 Å². The van der Waals surface area contributed by atoms with E-state index in [-0.39, 0.29) is 24.1 Å². The second kappa shape index (κ2) is 11.2. The van der Waals surface area contributed by atoms with Gasteiger partial charge in [0.2, 0.25) is 0 Å². The van der Waals surface area contributed by atoms with Gasteiger partial charge in [-0.3, -0.25) is 19.8 Å². The van der Waals surface area contributed by atoms with Crippen molar-refractivity contribution in [3.05, 3.63) is 42.2 Å². The fourth-order valence-electron chi connectivity index (χ4n) is 2.88. The fraction of sp³-hybridized carbons (Fsp3) is 0.450. The number of hydrogen-bond acceptors (Lipinski definition) is 6. The summed E-state index contributed by atoms with van der Waals surface area (Å²) in [5, 5.41) is 13.4. The number of quaternary nitrogens is 1. The number of nitrogens with zero attached hydrogens (tertiary/aromatic N) is 4. The van der Waals surface area contributed by atoms with Crippen LogP contribution in [0.2, 0.25) is 0 Å². The molecule has 0 aliphatic carbocycles. The topological polar surface area (TPSA) is 144 Å². The number of rotatable bonds is 11. The van der Waals surface area contributed by atoms with Crippen LogP contribution in [0, 0.1) is 0 Å². The highest BCUT2D eigenvalue weighted by atomic mass is 16.2. The Hall–Kier alpha value is -3.31. The smallest absolute Gasteiger partial charge is 0.275 e. The van der Waals surface area contributed by atoms with Crippen molar-refractivity contribution in [2.75, 3.05) is 34.2 Å². The van der Waals surface area contributed by atoms with E-state index >= 15 is 0 Å². The van der Waals surface area contributed by atoms with Crippen molar-refractivity contribution in [3.63, 3.8) is 0 Å². The summed E-state index contributed by atoms with van der Waals surface area (Å²) in [6.45, 7) is 0.648. The Balaban J connectivity index is 1.76. The monoisotopic (exact) mass is 431 g/mol. The molecule has 0 bridgehead atoms. The molecule has 11 heteroatoms. The standard InChI is InChI=1S/C20H30N8O3/c1-28(2,3)14-18(29)23-16(20(31)24-21)11-7-8-12-22-19(30)17-13-27(26-25-17)15-9-5-4-6-10-15/h4-6,9-10,13,16H,7-8,11-12,14H2,1-3H3,(H4-,21,22,23,24,25,26,29,30,31)/p+1. The molecule has 0 radical (unpaired) electrons. The van der Waals surface area contributed by atoms with Gasteiger partial charge in [-0.1, -0.05) is 23.4 Å². The summed E-state index contributed by atoms with van der Waals surface area (Å²) < 4.78 is 1.98. The molecule has 2 aromatic rings. The van der Waals surface area contributed by atoms with E-state index in [2.05, 4.69) is 26.4 Å². The van der Waals surface area contributed by atoms with Crippen LogP contribution in [0.5, 0.6) is 0 Å². The lowest BCUT2D eigenvalue weighted by molar-refractivity contribution is -0.862. The zero-order valence-electron chi connectivity index (χ0n) is 18.2. The van der Waals surface area contributed by atoms with Crippen molar-refractivity contribution in [2.24, 2.45) is 5.84 Å². The highest BCUT2D eigenvalue weighted by molar-refractivity contribution is 5.91. The van der Waals surface area contributed by atoms with Gasteiger partial charge in [0.15, 0.2) is 12.2 Å². The summed E-state index contributed by atoms with van der Waals surface area (Å²) in [7, 11) is 5.66. The van der Waals surface area contributed by atoms with E-state index in [0.29, 0.717) is 30.3 Å². The third kappa shape index (κ3) is 8.15. The summed E-state index contributed by atoms with van der Waals surface area (Å²) in [6.07, 6.45) is 3.21. The molecule has 5 N–H and O–H groups in total. The molecule has 1 aromatic heterocycles. The normalized spacial score (nSPS) is 12.1. The Kier molecular flexibility index (Phi) is 8.64. The number of benzene rings is 1. The number of nitrogens with two attached hydrogens (primary N) is 1. The first-order valence-corrected chi connectivity index (χ1v) is 10.1. The zero-order chi connectivity index (χ0) is 22.9. The highest BCUT2D eigenvalue weighted by Gasteiger charge is 2.22. The molecule has 0 aliphatic heterocycles. The molecule has 3 amide bonds. The molecule has 1 aromatic carbocycles. The van der Waals surface area contributed by atoms with Crippen molar-refractivity contribution in [1.29, 1.82) is 0 Å². The number of carbonyl (C=O) groups is 3. The molecule has 31 heavy (non-hydrogen) atoms. The maximum absolute atomic E-state index is 12.3. The minimum Gasteiger partial charge on any atom is -0.351 e. The number of amides is 3. The Morgan fingerprint density at radius 1 is 1.13 bits per heavy atom. The van der Waals surface area contributed by atoms with Crippen LogP contribution in [-0.4, -0.2) is 77.5 Å². The van der Waals surface area contributed by atoms with Crippen LogP contribution in [0.1, 0.15) is 29.8 Å². The maximum atomic E-state index is 12.3. The number of para-hydroxylation sites is 1. The Morgan fingerprint density at radius 3 is 2.48 bits per heavy atom. The van der Waals surface area contributed by atoms with Crippen LogP contribution < -0.4 is 21.9 Å². The minimum atomic E-state index is -0.717. The largest absolute Gasteiger partial charge is 0.351 e. The van der Waals surface area contributed by atoms with Crippen LogP contribution in [0.15, 0.2) is 36.5 Å². The molecule has 11 nitrogen and oxygen atoms in total. The predicted molar refractivity (Wildman–Crippen MR) is 115 cm³/mol. The molecule has 0 spiro atoms. The van der Waals surface area contributed by atoms with Gasteiger partial charge in [0.1, 0.15) is 6.04 Å². The van der Waals surface area contributed by atoms with E-state index in [1.807, 2.05) is 51.5 Å². The molecule has 0 fully saturated rings.